The Kier molecular flexibility index (Phi) is 6.10. The third-order valence-electron chi connectivity index (χ3n) is 4.14. The van der Waals surface area contributed by atoms with Crippen LogP contribution in [0.3, 0.4) is 0 Å². The SMILES string of the molecule is Cc1[nH]cnc1CSCCNC(=O)N1CCN(c2cnccn2)CC1. The minimum absolute atomic E-state index is 0.00958. The lowest BCUT2D eigenvalue weighted by molar-refractivity contribution is 0.195. The molecule has 2 aromatic rings. The van der Waals surface area contributed by atoms with Crippen LogP contribution >= 0.6 is 11.8 Å². The summed E-state index contributed by atoms with van der Waals surface area (Å²) in [5, 5.41) is 2.99. The Morgan fingerprint density at radius 3 is 2.80 bits per heavy atom. The van der Waals surface area contributed by atoms with Crippen molar-refractivity contribution >= 4 is 23.6 Å². The molecule has 134 valence electrons. The molecule has 8 nitrogen and oxygen atoms in total. The number of carbonyl (C=O) groups excluding carboxylic acids is 1. The van der Waals surface area contributed by atoms with Gasteiger partial charge in [0.05, 0.1) is 18.2 Å². The normalized spacial score (nSPS) is 14.6. The summed E-state index contributed by atoms with van der Waals surface area (Å²) in [4.78, 5) is 32.0. The first-order chi connectivity index (χ1) is 12.2. The molecule has 0 atom stereocenters. The van der Waals surface area contributed by atoms with Gasteiger partial charge in [0.25, 0.3) is 0 Å². The predicted octanol–water partition coefficient (Wildman–Crippen LogP) is 1.27. The summed E-state index contributed by atoms with van der Waals surface area (Å²) in [6.45, 7) is 5.63. The molecule has 0 unspecified atom stereocenters. The Morgan fingerprint density at radius 2 is 2.12 bits per heavy atom. The highest BCUT2D eigenvalue weighted by Crippen LogP contribution is 2.13. The lowest BCUT2D eigenvalue weighted by atomic mass is 10.3. The molecule has 0 aliphatic carbocycles. The second-order valence-electron chi connectivity index (χ2n) is 5.80. The third kappa shape index (κ3) is 4.85. The van der Waals surface area contributed by atoms with E-state index in [0.717, 1.165) is 41.8 Å². The van der Waals surface area contributed by atoms with E-state index in [1.165, 1.54) is 0 Å². The molecule has 1 saturated heterocycles. The second kappa shape index (κ2) is 8.70. The number of hydrogen-bond acceptors (Lipinski definition) is 6. The van der Waals surface area contributed by atoms with Crippen molar-refractivity contribution in [3.8, 4) is 0 Å². The number of rotatable bonds is 6. The number of amides is 2. The van der Waals surface area contributed by atoms with Gasteiger partial charge in [-0.15, -0.1) is 0 Å². The van der Waals surface area contributed by atoms with E-state index in [1.54, 1.807) is 36.7 Å². The van der Waals surface area contributed by atoms with Gasteiger partial charge < -0.3 is 20.1 Å². The number of carbonyl (C=O) groups is 1. The van der Waals surface area contributed by atoms with E-state index in [2.05, 4.69) is 30.2 Å². The number of nitrogens with one attached hydrogen (secondary N) is 2. The number of urea groups is 1. The fourth-order valence-corrected chi connectivity index (χ4v) is 3.51. The molecule has 3 rings (SSSR count). The van der Waals surface area contributed by atoms with Crippen molar-refractivity contribution in [3.63, 3.8) is 0 Å². The number of imidazole rings is 1. The fraction of sp³-hybridized carbons (Fsp3) is 0.500. The highest BCUT2D eigenvalue weighted by molar-refractivity contribution is 7.98. The van der Waals surface area contributed by atoms with Crippen LogP contribution in [0.2, 0.25) is 0 Å². The minimum Gasteiger partial charge on any atom is -0.352 e. The van der Waals surface area contributed by atoms with Gasteiger partial charge in [0.2, 0.25) is 0 Å². The average molecular weight is 361 g/mol. The molecule has 1 fully saturated rings. The molecule has 1 aliphatic rings. The summed E-state index contributed by atoms with van der Waals surface area (Å²) in [6, 6.07) is 0.00958. The third-order valence-corrected chi connectivity index (χ3v) is 5.11. The van der Waals surface area contributed by atoms with Crippen molar-refractivity contribution in [2.45, 2.75) is 12.7 Å². The standard InChI is InChI=1S/C16H23N7OS/c1-13-14(21-12-20-13)11-25-9-4-19-16(24)23-7-5-22(6-8-23)15-10-17-2-3-18-15/h2-3,10,12H,4-9,11H2,1H3,(H,19,24)(H,20,21). The molecule has 9 heteroatoms. The average Bonchev–Trinajstić information content (AvgIpc) is 3.07. The van der Waals surface area contributed by atoms with Crippen LogP contribution in [0.25, 0.3) is 0 Å². The molecule has 0 bridgehead atoms. The van der Waals surface area contributed by atoms with Gasteiger partial charge in [0.1, 0.15) is 5.82 Å². The number of thioether (sulfide) groups is 1. The summed E-state index contributed by atoms with van der Waals surface area (Å²) in [7, 11) is 0. The Balaban J connectivity index is 1.32. The maximum Gasteiger partial charge on any atom is 0.317 e. The lowest BCUT2D eigenvalue weighted by Crippen LogP contribution is -2.52. The van der Waals surface area contributed by atoms with Crippen molar-refractivity contribution in [2.24, 2.45) is 0 Å². The maximum absolute atomic E-state index is 12.2. The number of aryl methyl sites for hydroxylation is 1. The second-order valence-corrected chi connectivity index (χ2v) is 6.90. The van der Waals surface area contributed by atoms with Crippen LogP contribution < -0.4 is 10.2 Å². The van der Waals surface area contributed by atoms with Crippen molar-refractivity contribution in [1.82, 2.24) is 30.2 Å². The van der Waals surface area contributed by atoms with Gasteiger partial charge in [0.15, 0.2) is 0 Å². The molecule has 1 aliphatic heterocycles. The first-order valence-corrected chi connectivity index (χ1v) is 9.50. The van der Waals surface area contributed by atoms with Gasteiger partial charge in [-0.2, -0.15) is 11.8 Å². The lowest BCUT2D eigenvalue weighted by Gasteiger charge is -2.35. The summed E-state index contributed by atoms with van der Waals surface area (Å²) in [5.41, 5.74) is 2.19. The first-order valence-electron chi connectivity index (χ1n) is 8.34. The van der Waals surface area contributed by atoms with E-state index in [1.807, 2.05) is 11.8 Å². The van der Waals surface area contributed by atoms with E-state index in [9.17, 15) is 4.79 Å². The monoisotopic (exact) mass is 361 g/mol. The molecule has 0 saturated carbocycles. The Bertz CT molecular complexity index is 670. The number of anilines is 1. The van der Waals surface area contributed by atoms with Gasteiger partial charge in [0, 0.05) is 62.3 Å². The van der Waals surface area contributed by atoms with E-state index in [-0.39, 0.29) is 6.03 Å². The molecule has 2 N–H and O–H groups in total. The highest BCUT2D eigenvalue weighted by Gasteiger charge is 2.21. The van der Waals surface area contributed by atoms with Crippen LogP contribution in [0.5, 0.6) is 0 Å². The van der Waals surface area contributed by atoms with Crippen LogP contribution in [0.1, 0.15) is 11.4 Å². The molecule has 0 radical (unpaired) electrons. The summed E-state index contributed by atoms with van der Waals surface area (Å²) < 4.78 is 0. The van der Waals surface area contributed by atoms with E-state index in [0.29, 0.717) is 19.6 Å². The summed E-state index contributed by atoms with van der Waals surface area (Å²) in [6.07, 6.45) is 6.83. The summed E-state index contributed by atoms with van der Waals surface area (Å²) >= 11 is 1.77. The van der Waals surface area contributed by atoms with E-state index in [4.69, 9.17) is 0 Å². The van der Waals surface area contributed by atoms with Crippen LogP contribution in [0, 0.1) is 6.92 Å². The van der Waals surface area contributed by atoms with Gasteiger partial charge in [-0.1, -0.05) is 0 Å². The van der Waals surface area contributed by atoms with Crippen LogP contribution in [0.15, 0.2) is 24.9 Å². The number of hydrogen-bond donors (Lipinski definition) is 2. The zero-order valence-corrected chi connectivity index (χ0v) is 15.1. The summed E-state index contributed by atoms with van der Waals surface area (Å²) in [5.74, 6) is 2.60. The van der Waals surface area contributed by atoms with Crippen LogP contribution in [0.4, 0.5) is 10.6 Å². The van der Waals surface area contributed by atoms with Crippen molar-refractivity contribution in [1.29, 1.82) is 0 Å². The number of aromatic amines is 1. The first kappa shape index (κ1) is 17.5. The smallest absolute Gasteiger partial charge is 0.317 e. The minimum atomic E-state index is 0.00958. The van der Waals surface area contributed by atoms with Gasteiger partial charge in [-0.05, 0) is 6.92 Å². The number of nitrogens with zero attached hydrogens (tertiary/aromatic N) is 5. The molecular weight excluding hydrogens is 338 g/mol. The van der Waals surface area contributed by atoms with Gasteiger partial charge >= 0.3 is 6.03 Å². The Labute approximate surface area is 151 Å². The zero-order chi connectivity index (χ0) is 17.5. The zero-order valence-electron chi connectivity index (χ0n) is 14.3. The van der Waals surface area contributed by atoms with E-state index < -0.39 is 0 Å². The maximum atomic E-state index is 12.2. The topological polar surface area (TPSA) is 90.0 Å². The van der Waals surface area contributed by atoms with Crippen molar-refractivity contribution in [3.05, 3.63) is 36.3 Å². The molecule has 0 spiro atoms. The van der Waals surface area contributed by atoms with Gasteiger partial charge in [-0.3, -0.25) is 4.98 Å². The molecule has 0 aromatic carbocycles. The predicted molar refractivity (Wildman–Crippen MR) is 98.7 cm³/mol. The largest absolute Gasteiger partial charge is 0.352 e. The van der Waals surface area contributed by atoms with Gasteiger partial charge in [-0.25, -0.2) is 14.8 Å². The van der Waals surface area contributed by atoms with Crippen molar-refractivity contribution in [2.75, 3.05) is 43.4 Å². The highest BCUT2D eigenvalue weighted by atomic mass is 32.2. The number of H-pyrrole nitrogens is 1. The van der Waals surface area contributed by atoms with Crippen molar-refractivity contribution < 1.29 is 4.79 Å². The van der Waals surface area contributed by atoms with E-state index >= 15 is 0 Å². The Morgan fingerprint density at radius 1 is 1.28 bits per heavy atom. The molecular formula is C16H23N7OS. The quantitative estimate of drug-likeness (QED) is 0.753. The Hall–Kier alpha value is -2.29. The number of aromatic nitrogens is 4. The fourth-order valence-electron chi connectivity index (χ4n) is 2.64. The van der Waals surface area contributed by atoms with Crippen LogP contribution in [-0.2, 0) is 5.75 Å². The molecule has 2 amide bonds. The number of piperazine rings is 1. The van der Waals surface area contributed by atoms with Crippen LogP contribution in [-0.4, -0.2) is 69.3 Å². The molecule has 25 heavy (non-hydrogen) atoms. The molecule has 2 aromatic heterocycles. The molecule has 3 heterocycles.